The van der Waals surface area contributed by atoms with Gasteiger partial charge in [0.2, 0.25) is 5.91 Å². The average molecular weight is 346 g/mol. The van der Waals surface area contributed by atoms with Crippen molar-refractivity contribution in [3.63, 3.8) is 0 Å². The van der Waals surface area contributed by atoms with Crippen LogP contribution < -0.4 is 4.74 Å². The first kappa shape index (κ1) is 17.3. The fourth-order valence-corrected chi connectivity index (χ4v) is 4.02. The molecule has 1 spiro atoms. The third-order valence-electron chi connectivity index (χ3n) is 5.60. The van der Waals surface area contributed by atoms with E-state index >= 15 is 0 Å². The van der Waals surface area contributed by atoms with E-state index in [4.69, 9.17) is 4.74 Å². The van der Waals surface area contributed by atoms with Gasteiger partial charge in [-0.15, -0.1) is 0 Å². The number of piperidine rings is 1. The zero-order valence-electron chi connectivity index (χ0n) is 14.4. The van der Waals surface area contributed by atoms with E-state index < -0.39 is 17.4 Å². The molecule has 7 heteroatoms. The smallest absolute Gasteiger partial charge is 0.309 e. The van der Waals surface area contributed by atoms with Crippen LogP contribution in [0.15, 0.2) is 24.3 Å². The largest absolute Gasteiger partial charge is 0.497 e. The van der Waals surface area contributed by atoms with Crippen LogP contribution in [-0.4, -0.2) is 65.5 Å². The molecule has 2 heterocycles. The van der Waals surface area contributed by atoms with E-state index in [0.29, 0.717) is 37.2 Å². The molecule has 7 nitrogen and oxygen atoms in total. The van der Waals surface area contributed by atoms with E-state index in [1.165, 1.54) is 0 Å². The normalized spacial score (nSPS) is 22.3. The molecule has 0 saturated carbocycles. The Morgan fingerprint density at radius 1 is 1.28 bits per heavy atom. The molecule has 0 aromatic heterocycles. The maximum absolute atomic E-state index is 12.7. The maximum atomic E-state index is 12.7. The fourth-order valence-electron chi connectivity index (χ4n) is 4.02. The van der Waals surface area contributed by atoms with Crippen molar-refractivity contribution in [1.29, 1.82) is 0 Å². The zero-order chi connectivity index (χ0) is 18.2. The Morgan fingerprint density at radius 3 is 2.56 bits per heavy atom. The molecule has 1 N–H and O–H groups in total. The Labute approximate surface area is 146 Å². The molecule has 2 aliphatic heterocycles. The number of carboxylic acids is 1. The monoisotopic (exact) mass is 346 g/mol. The summed E-state index contributed by atoms with van der Waals surface area (Å²) >= 11 is 0. The van der Waals surface area contributed by atoms with Crippen LogP contribution in [0.4, 0.5) is 0 Å². The van der Waals surface area contributed by atoms with Gasteiger partial charge in [-0.1, -0.05) is 6.07 Å². The van der Waals surface area contributed by atoms with Crippen molar-refractivity contribution in [1.82, 2.24) is 9.80 Å². The van der Waals surface area contributed by atoms with Crippen molar-refractivity contribution in [3.8, 4) is 5.75 Å². The molecule has 2 amide bonds. The Bertz CT molecular complexity index is 709. The van der Waals surface area contributed by atoms with Crippen molar-refractivity contribution in [3.05, 3.63) is 29.8 Å². The van der Waals surface area contributed by atoms with Crippen LogP contribution in [0.2, 0.25) is 0 Å². The second-order valence-corrected chi connectivity index (χ2v) is 6.68. The molecule has 0 radical (unpaired) electrons. The Kier molecular flexibility index (Phi) is 4.41. The summed E-state index contributed by atoms with van der Waals surface area (Å²) in [5.41, 5.74) is -0.144. The molecule has 3 rings (SSSR count). The van der Waals surface area contributed by atoms with Crippen LogP contribution in [0.5, 0.6) is 5.75 Å². The van der Waals surface area contributed by atoms with Crippen molar-refractivity contribution in [2.75, 3.05) is 27.2 Å². The summed E-state index contributed by atoms with van der Waals surface area (Å²) in [5, 5.41) is 9.50. The maximum Gasteiger partial charge on any atom is 0.309 e. The number of hydrogen-bond acceptors (Lipinski definition) is 4. The molecule has 1 aromatic rings. The summed E-state index contributed by atoms with van der Waals surface area (Å²) in [6, 6.07) is 6.97. The van der Waals surface area contributed by atoms with Gasteiger partial charge in [0.25, 0.3) is 5.91 Å². The highest BCUT2D eigenvalue weighted by Crippen LogP contribution is 2.43. The molecular weight excluding hydrogens is 324 g/mol. The third-order valence-corrected chi connectivity index (χ3v) is 5.60. The van der Waals surface area contributed by atoms with Gasteiger partial charge in [-0.3, -0.25) is 14.4 Å². The first-order valence-electron chi connectivity index (χ1n) is 8.32. The molecule has 0 aliphatic carbocycles. The number of methoxy groups -OCH3 is 1. The van der Waals surface area contributed by atoms with Gasteiger partial charge in [-0.2, -0.15) is 0 Å². The van der Waals surface area contributed by atoms with Gasteiger partial charge in [0.1, 0.15) is 5.75 Å². The van der Waals surface area contributed by atoms with Gasteiger partial charge in [-0.05, 0) is 31.0 Å². The minimum atomic E-state index is -0.940. The molecule has 25 heavy (non-hydrogen) atoms. The second kappa shape index (κ2) is 6.38. The highest BCUT2D eigenvalue weighted by atomic mass is 16.5. The van der Waals surface area contributed by atoms with E-state index in [-0.39, 0.29) is 18.2 Å². The third kappa shape index (κ3) is 2.83. The van der Waals surface area contributed by atoms with Crippen molar-refractivity contribution in [2.45, 2.75) is 24.8 Å². The summed E-state index contributed by atoms with van der Waals surface area (Å²) in [7, 11) is 3.22. The lowest BCUT2D eigenvalue weighted by atomic mass is 9.77. The standard InChI is InChI=1S/C18H22N2O5/c1-19-15(21)11-14(17(23)24)18(19)6-8-20(9-7-18)16(22)12-4-3-5-13(10-12)25-2/h3-5,10,14H,6-9,11H2,1-2H3,(H,23,24)/t14-/m1/s1. The van der Waals surface area contributed by atoms with Crippen LogP contribution >= 0.6 is 0 Å². The van der Waals surface area contributed by atoms with Gasteiger partial charge in [-0.25, -0.2) is 0 Å². The number of aliphatic carboxylic acids is 1. The number of likely N-dealkylation sites (tertiary alicyclic amines) is 2. The van der Waals surface area contributed by atoms with Crippen molar-refractivity contribution < 1.29 is 24.2 Å². The first-order valence-corrected chi connectivity index (χ1v) is 8.32. The number of hydrogen-bond donors (Lipinski definition) is 1. The summed E-state index contributed by atoms with van der Waals surface area (Å²) in [4.78, 5) is 39.6. The molecular formula is C18H22N2O5. The Morgan fingerprint density at radius 2 is 1.96 bits per heavy atom. The van der Waals surface area contributed by atoms with E-state index in [1.54, 1.807) is 48.2 Å². The van der Waals surface area contributed by atoms with Gasteiger partial charge in [0.15, 0.2) is 0 Å². The van der Waals surface area contributed by atoms with E-state index in [0.717, 1.165) is 0 Å². The lowest BCUT2D eigenvalue weighted by molar-refractivity contribution is -0.145. The van der Waals surface area contributed by atoms with Gasteiger partial charge >= 0.3 is 5.97 Å². The molecule has 2 fully saturated rings. The van der Waals surface area contributed by atoms with Crippen molar-refractivity contribution >= 4 is 17.8 Å². The molecule has 2 aliphatic rings. The van der Waals surface area contributed by atoms with Gasteiger partial charge in [0, 0.05) is 32.1 Å². The highest BCUT2D eigenvalue weighted by molar-refractivity contribution is 5.95. The number of ether oxygens (including phenoxy) is 1. The van der Waals surface area contributed by atoms with Gasteiger partial charge < -0.3 is 19.6 Å². The molecule has 1 aromatic carbocycles. The number of benzene rings is 1. The van der Waals surface area contributed by atoms with Crippen LogP contribution in [0.25, 0.3) is 0 Å². The predicted octanol–water partition coefficient (Wildman–Crippen LogP) is 1.23. The lowest BCUT2D eigenvalue weighted by Gasteiger charge is -2.45. The fraction of sp³-hybridized carbons (Fsp3) is 0.500. The average Bonchev–Trinajstić information content (AvgIpc) is 2.87. The molecule has 2 saturated heterocycles. The van der Waals surface area contributed by atoms with Gasteiger partial charge in [0.05, 0.1) is 18.6 Å². The van der Waals surface area contributed by atoms with E-state index in [9.17, 15) is 19.5 Å². The Hall–Kier alpha value is -2.57. The molecule has 0 bridgehead atoms. The summed E-state index contributed by atoms with van der Waals surface area (Å²) in [5.74, 6) is -1.27. The topological polar surface area (TPSA) is 87.1 Å². The number of carbonyl (C=O) groups is 3. The van der Waals surface area contributed by atoms with Crippen molar-refractivity contribution in [2.24, 2.45) is 5.92 Å². The quantitative estimate of drug-likeness (QED) is 0.890. The van der Waals surface area contributed by atoms with E-state index in [2.05, 4.69) is 0 Å². The number of rotatable bonds is 3. The lowest BCUT2D eigenvalue weighted by Crippen LogP contribution is -2.56. The molecule has 134 valence electrons. The van der Waals surface area contributed by atoms with E-state index in [1.807, 2.05) is 0 Å². The number of nitrogens with zero attached hydrogens (tertiary/aromatic N) is 2. The van der Waals surface area contributed by atoms with Crippen LogP contribution in [0, 0.1) is 5.92 Å². The molecule has 1 atom stereocenters. The van der Waals surface area contributed by atoms with Crippen LogP contribution in [0.1, 0.15) is 29.6 Å². The summed E-state index contributed by atoms with van der Waals surface area (Å²) < 4.78 is 5.15. The summed E-state index contributed by atoms with van der Waals surface area (Å²) in [6.07, 6.45) is 0.986. The molecule has 0 unspecified atom stereocenters. The first-order chi connectivity index (χ1) is 11.9. The highest BCUT2D eigenvalue weighted by Gasteiger charge is 2.55. The van der Waals surface area contributed by atoms with Crippen LogP contribution in [0.3, 0.4) is 0 Å². The second-order valence-electron chi connectivity index (χ2n) is 6.68. The van der Waals surface area contributed by atoms with Crippen LogP contribution in [-0.2, 0) is 9.59 Å². The zero-order valence-corrected chi connectivity index (χ0v) is 14.4. The minimum Gasteiger partial charge on any atom is -0.497 e. The number of amides is 2. The summed E-state index contributed by atoms with van der Waals surface area (Å²) in [6.45, 7) is 0.856. The Balaban J connectivity index is 1.75. The number of carbonyl (C=O) groups excluding carboxylic acids is 2. The predicted molar refractivity (Wildman–Crippen MR) is 89.4 cm³/mol. The number of carboxylic acid groups (broad SMARTS) is 1. The minimum absolute atomic E-state index is 0.0374. The SMILES string of the molecule is COc1cccc(C(=O)N2CCC3(CC2)[C@@H](C(=O)O)CC(=O)N3C)c1.